The Hall–Kier alpha value is -3.45. The number of benzene rings is 1. The van der Waals surface area contributed by atoms with Gasteiger partial charge >= 0.3 is 6.18 Å². The van der Waals surface area contributed by atoms with Gasteiger partial charge in [-0.25, -0.2) is 18.2 Å². The number of carbonyl (C=O) groups is 1. The normalized spacial score (nSPS) is 17.3. The Morgan fingerprint density at radius 1 is 1.25 bits per heavy atom. The van der Waals surface area contributed by atoms with Crippen molar-refractivity contribution < 1.29 is 41.0 Å². The number of alkyl halides is 6. The molecule has 3 aromatic rings. The van der Waals surface area contributed by atoms with Gasteiger partial charge in [0, 0.05) is 22.7 Å². The maximum absolute atomic E-state index is 15.0. The first-order chi connectivity index (χ1) is 16.9. The van der Waals surface area contributed by atoms with Crippen LogP contribution in [0.5, 0.6) is 0 Å². The van der Waals surface area contributed by atoms with Gasteiger partial charge in [0.25, 0.3) is 12.3 Å². The minimum atomic E-state index is -4.68. The van der Waals surface area contributed by atoms with E-state index in [0.29, 0.717) is 34.3 Å². The first-order valence-corrected chi connectivity index (χ1v) is 10.7. The van der Waals surface area contributed by atoms with Crippen LogP contribution in [0.4, 0.5) is 32.2 Å². The van der Waals surface area contributed by atoms with E-state index in [1.54, 1.807) is 6.92 Å². The van der Waals surface area contributed by atoms with Crippen molar-refractivity contribution >= 4 is 22.6 Å². The second kappa shape index (κ2) is 9.54. The standard InChI is InChI=1S/C23H20F6N4O3/c1-10-17-15(9-36-10)14-6-11(2-5-16(14)32-21(17)30)22(35)33(20(26)18(34)19(24)25)8-13-4-3-12(7-31-13)23(27,28)29/h2-7,10,18-20,34H,8-9H2,1H3,(H2,30,32)/t10-,18-,20?/m0/s1. The molecule has 0 saturated heterocycles. The van der Waals surface area contributed by atoms with E-state index in [0.717, 1.165) is 6.07 Å². The zero-order valence-corrected chi connectivity index (χ0v) is 18.6. The number of ether oxygens (including phenoxy) is 1. The number of nitrogens with zero attached hydrogens (tertiary/aromatic N) is 3. The first kappa shape index (κ1) is 25.6. The van der Waals surface area contributed by atoms with Crippen molar-refractivity contribution in [3.05, 3.63) is 64.5 Å². The van der Waals surface area contributed by atoms with Crippen molar-refractivity contribution in [2.75, 3.05) is 5.73 Å². The molecular formula is C23H20F6N4O3. The van der Waals surface area contributed by atoms with Gasteiger partial charge in [0.2, 0.25) is 6.30 Å². The molecule has 0 aliphatic carbocycles. The fraction of sp³-hybridized carbons (Fsp3) is 0.348. The van der Waals surface area contributed by atoms with Gasteiger partial charge in [-0.3, -0.25) is 9.78 Å². The summed E-state index contributed by atoms with van der Waals surface area (Å²) in [6, 6.07) is 5.64. The van der Waals surface area contributed by atoms with E-state index in [4.69, 9.17) is 10.5 Å². The summed E-state index contributed by atoms with van der Waals surface area (Å²) in [4.78, 5) is 21.4. The lowest BCUT2D eigenvalue weighted by atomic mass is 10.00. The Labute approximate surface area is 200 Å². The maximum atomic E-state index is 15.0. The Kier molecular flexibility index (Phi) is 6.80. The van der Waals surface area contributed by atoms with Crippen molar-refractivity contribution in [1.82, 2.24) is 14.9 Å². The Bertz CT molecular complexity index is 1290. The van der Waals surface area contributed by atoms with E-state index in [-0.39, 0.29) is 34.7 Å². The Morgan fingerprint density at radius 2 is 1.97 bits per heavy atom. The number of carbonyl (C=O) groups excluding carboxylic acids is 1. The molecule has 0 fully saturated rings. The third kappa shape index (κ3) is 4.80. The molecule has 0 radical (unpaired) electrons. The summed E-state index contributed by atoms with van der Waals surface area (Å²) in [5.41, 5.74) is 6.30. The molecule has 1 aliphatic heterocycles. The number of rotatable bonds is 6. The van der Waals surface area contributed by atoms with Gasteiger partial charge in [-0.15, -0.1) is 0 Å². The quantitative estimate of drug-likeness (QED) is 0.374. The van der Waals surface area contributed by atoms with Crippen LogP contribution < -0.4 is 5.73 Å². The molecule has 0 saturated carbocycles. The Morgan fingerprint density at radius 3 is 2.58 bits per heavy atom. The van der Waals surface area contributed by atoms with Crippen LogP contribution in [0.3, 0.4) is 0 Å². The molecule has 0 spiro atoms. The predicted octanol–water partition coefficient (Wildman–Crippen LogP) is 4.39. The van der Waals surface area contributed by atoms with E-state index in [9.17, 15) is 36.2 Å². The number of hydrogen-bond donors (Lipinski definition) is 2. The van der Waals surface area contributed by atoms with Gasteiger partial charge in [0.15, 0.2) is 6.10 Å². The molecule has 1 amide bonds. The number of nitrogen functional groups attached to an aromatic ring is 1. The van der Waals surface area contributed by atoms with Gasteiger partial charge < -0.3 is 20.5 Å². The van der Waals surface area contributed by atoms with Crippen LogP contribution in [0.25, 0.3) is 10.9 Å². The SMILES string of the molecule is C[C@@H]1OCc2c1c(N)nc1ccc(C(=O)N(Cc3ccc(C(F)(F)F)cn3)C(F)[C@@H](O)C(F)F)cc21. The fourth-order valence-corrected chi connectivity index (χ4v) is 4.00. The number of pyridine rings is 2. The molecule has 3 heterocycles. The van der Waals surface area contributed by atoms with Crippen LogP contribution in [0, 0.1) is 0 Å². The van der Waals surface area contributed by atoms with E-state index in [2.05, 4.69) is 9.97 Å². The monoisotopic (exact) mass is 514 g/mol. The largest absolute Gasteiger partial charge is 0.417 e. The lowest BCUT2D eigenvalue weighted by Gasteiger charge is -2.29. The fourth-order valence-electron chi connectivity index (χ4n) is 4.00. The number of aromatic nitrogens is 2. The molecule has 3 atom stereocenters. The highest BCUT2D eigenvalue weighted by atomic mass is 19.4. The number of hydrogen-bond acceptors (Lipinski definition) is 6. The van der Waals surface area contributed by atoms with Crippen molar-refractivity contribution in [3.8, 4) is 0 Å². The van der Waals surface area contributed by atoms with Crippen molar-refractivity contribution in [1.29, 1.82) is 0 Å². The number of aliphatic hydroxyl groups excluding tert-OH is 1. The molecule has 4 rings (SSSR count). The van der Waals surface area contributed by atoms with Crippen LogP contribution in [0.2, 0.25) is 0 Å². The summed E-state index contributed by atoms with van der Waals surface area (Å²) >= 11 is 0. The smallest absolute Gasteiger partial charge is 0.383 e. The highest BCUT2D eigenvalue weighted by Gasteiger charge is 2.37. The number of anilines is 1. The predicted molar refractivity (Wildman–Crippen MR) is 115 cm³/mol. The summed E-state index contributed by atoms with van der Waals surface area (Å²) < 4.78 is 85.1. The lowest BCUT2D eigenvalue weighted by Crippen LogP contribution is -2.46. The van der Waals surface area contributed by atoms with Crippen LogP contribution in [0.15, 0.2) is 36.5 Å². The molecule has 2 aromatic heterocycles. The zero-order valence-electron chi connectivity index (χ0n) is 18.6. The van der Waals surface area contributed by atoms with Gasteiger partial charge in [0.05, 0.1) is 36.0 Å². The van der Waals surface area contributed by atoms with Crippen molar-refractivity contribution in [3.63, 3.8) is 0 Å². The zero-order chi connectivity index (χ0) is 26.4. The number of aliphatic hydroxyl groups is 1. The molecular weight excluding hydrogens is 494 g/mol. The van der Waals surface area contributed by atoms with Crippen molar-refractivity contribution in [2.24, 2.45) is 0 Å². The van der Waals surface area contributed by atoms with E-state index < -0.39 is 43.0 Å². The van der Waals surface area contributed by atoms with Gasteiger partial charge in [-0.2, -0.15) is 13.2 Å². The number of halogens is 6. The maximum Gasteiger partial charge on any atom is 0.417 e. The molecule has 1 unspecified atom stereocenters. The van der Waals surface area contributed by atoms with Gasteiger partial charge in [-0.1, -0.05) is 0 Å². The second-order valence-corrected chi connectivity index (χ2v) is 8.24. The molecule has 1 aliphatic rings. The van der Waals surface area contributed by atoms with Crippen LogP contribution in [-0.2, 0) is 24.1 Å². The van der Waals surface area contributed by atoms with Gasteiger partial charge in [-0.05, 0) is 42.8 Å². The number of nitrogens with two attached hydrogens (primary N) is 1. The van der Waals surface area contributed by atoms with Crippen LogP contribution >= 0.6 is 0 Å². The first-order valence-electron chi connectivity index (χ1n) is 10.7. The molecule has 13 heteroatoms. The van der Waals surface area contributed by atoms with Gasteiger partial charge in [0.1, 0.15) is 5.82 Å². The van der Waals surface area contributed by atoms with E-state index >= 15 is 0 Å². The summed E-state index contributed by atoms with van der Waals surface area (Å²) in [7, 11) is 0. The van der Waals surface area contributed by atoms with E-state index in [1.807, 2.05) is 0 Å². The molecule has 192 valence electrons. The average Bonchev–Trinajstić information content (AvgIpc) is 3.23. The summed E-state index contributed by atoms with van der Waals surface area (Å²) in [5, 5.41) is 10.1. The second-order valence-electron chi connectivity index (χ2n) is 8.24. The minimum absolute atomic E-state index is 0.133. The van der Waals surface area contributed by atoms with Crippen molar-refractivity contribution in [2.45, 2.75) is 51.2 Å². The highest BCUT2D eigenvalue weighted by Crippen LogP contribution is 2.38. The van der Waals surface area contributed by atoms with Crippen LogP contribution in [0.1, 0.15) is 45.8 Å². The molecule has 7 nitrogen and oxygen atoms in total. The summed E-state index contributed by atoms with van der Waals surface area (Å²) in [5.74, 6) is -0.844. The third-order valence-corrected chi connectivity index (χ3v) is 5.88. The van der Waals surface area contributed by atoms with E-state index in [1.165, 1.54) is 18.2 Å². The summed E-state index contributed by atoms with van der Waals surface area (Å²) in [6.07, 6.45) is -13.8. The third-order valence-electron chi connectivity index (χ3n) is 5.88. The minimum Gasteiger partial charge on any atom is -0.383 e. The number of amides is 1. The van der Waals surface area contributed by atoms with Crippen LogP contribution in [-0.4, -0.2) is 44.7 Å². The molecule has 3 N–H and O–H groups in total. The average molecular weight is 514 g/mol. The summed E-state index contributed by atoms with van der Waals surface area (Å²) in [6.45, 7) is 1.16. The lowest BCUT2D eigenvalue weighted by molar-refractivity contribution is -0.137. The number of fused-ring (bicyclic) bond motifs is 3. The Balaban J connectivity index is 1.72. The topological polar surface area (TPSA) is 102 Å². The molecule has 1 aromatic carbocycles. The molecule has 0 bridgehead atoms. The highest BCUT2D eigenvalue weighted by molar-refractivity contribution is 5.99. The molecule has 36 heavy (non-hydrogen) atoms.